The van der Waals surface area contributed by atoms with Crippen LogP contribution in [0.4, 0.5) is 5.00 Å². The van der Waals surface area contributed by atoms with E-state index in [0.29, 0.717) is 17.2 Å². The minimum atomic E-state index is 0.360. The Morgan fingerprint density at radius 3 is 3.00 bits per heavy atom. The molecule has 9 heavy (non-hydrogen) atoms. The zero-order chi connectivity index (χ0) is 6.69. The molecule has 0 radical (unpaired) electrons. The largest absolute Gasteiger partial charge is 0.426 e. The summed E-state index contributed by atoms with van der Waals surface area (Å²) < 4.78 is 4.48. The van der Waals surface area contributed by atoms with Crippen LogP contribution in [0.25, 0.3) is 0 Å². The van der Waals surface area contributed by atoms with Crippen molar-refractivity contribution in [3.63, 3.8) is 0 Å². The molecule has 48 valence electrons. The summed E-state index contributed by atoms with van der Waals surface area (Å²) in [4.78, 5) is 9.75. The van der Waals surface area contributed by atoms with E-state index in [0.717, 1.165) is 0 Å². The number of ether oxygens (including phenoxy) is 1. The first-order chi connectivity index (χ1) is 4.34. The molecular formula is C5H5NO2S. The lowest BCUT2D eigenvalue weighted by atomic mass is 10.6. The fourth-order valence-electron chi connectivity index (χ4n) is 0.459. The first kappa shape index (κ1) is 6.10. The van der Waals surface area contributed by atoms with E-state index in [4.69, 9.17) is 5.73 Å². The summed E-state index contributed by atoms with van der Waals surface area (Å²) in [7, 11) is 0. The number of nitrogen functional groups attached to an aromatic ring is 1. The van der Waals surface area contributed by atoms with Crippen LogP contribution in [0.5, 0.6) is 5.75 Å². The summed E-state index contributed by atoms with van der Waals surface area (Å²) in [6.45, 7) is 0.360. The van der Waals surface area contributed by atoms with Gasteiger partial charge in [0, 0.05) is 0 Å². The summed E-state index contributed by atoms with van der Waals surface area (Å²) in [5, 5.41) is 2.29. The molecule has 1 aromatic heterocycles. The highest BCUT2D eigenvalue weighted by molar-refractivity contribution is 7.14. The van der Waals surface area contributed by atoms with Crippen LogP contribution in [-0.4, -0.2) is 6.47 Å². The van der Waals surface area contributed by atoms with Crippen molar-refractivity contribution >= 4 is 22.8 Å². The van der Waals surface area contributed by atoms with Crippen LogP contribution in [-0.2, 0) is 4.79 Å². The molecule has 0 aliphatic rings. The fraction of sp³-hybridized carbons (Fsp3) is 0. The molecule has 0 spiro atoms. The first-order valence-electron chi connectivity index (χ1n) is 2.28. The Bertz CT molecular complexity index is 208. The van der Waals surface area contributed by atoms with Gasteiger partial charge < -0.3 is 10.5 Å². The topological polar surface area (TPSA) is 52.3 Å². The second-order valence-electron chi connectivity index (χ2n) is 1.36. The van der Waals surface area contributed by atoms with E-state index < -0.39 is 0 Å². The molecule has 2 N–H and O–H groups in total. The van der Waals surface area contributed by atoms with Crippen LogP contribution < -0.4 is 10.5 Å². The van der Waals surface area contributed by atoms with Crippen molar-refractivity contribution in [2.75, 3.05) is 5.73 Å². The Morgan fingerprint density at radius 2 is 2.56 bits per heavy atom. The molecule has 0 aliphatic heterocycles. The van der Waals surface area contributed by atoms with Crippen molar-refractivity contribution in [2.45, 2.75) is 0 Å². The zero-order valence-electron chi connectivity index (χ0n) is 4.53. The Hall–Kier alpha value is -1.03. The fourth-order valence-corrected chi connectivity index (χ4v) is 1.03. The molecule has 0 atom stereocenters. The molecule has 1 heterocycles. The van der Waals surface area contributed by atoms with Crippen molar-refractivity contribution in [1.82, 2.24) is 0 Å². The third kappa shape index (κ3) is 1.20. The normalized spacial score (nSPS) is 8.89. The molecule has 0 unspecified atom stereocenters. The van der Waals surface area contributed by atoms with Crippen molar-refractivity contribution in [1.29, 1.82) is 0 Å². The van der Waals surface area contributed by atoms with Gasteiger partial charge in [0.1, 0.15) is 5.00 Å². The number of anilines is 1. The van der Waals surface area contributed by atoms with Crippen LogP contribution >= 0.6 is 11.3 Å². The average Bonchev–Trinajstić information content (AvgIpc) is 2.18. The second kappa shape index (κ2) is 2.50. The number of hydrogen-bond donors (Lipinski definition) is 1. The van der Waals surface area contributed by atoms with Crippen LogP contribution in [0, 0.1) is 0 Å². The van der Waals surface area contributed by atoms with E-state index in [-0.39, 0.29) is 0 Å². The summed E-state index contributed by atoms with van der Waals surface area (Å²) >= 11 is 1.34. The Labute approximate surface area is 56.1 Å². The Morgan fingerprint density at radius 1 is 1.78 bits per heavy atom. The van der Waals surface area contributed by atoms with Crippen molar-refractivity contribution in [3.8, 4) is 5.75 Å². The molecular weight excluding hydrogens is 138 g/mol. The van der Waals surface area contributed by atoms with Crippen LogP contribution in [0.15, 0.2) is 11.4 Å². The molecule has 0 bridgehead atoms. The highest BCUT2D eigenvalue weighted by Crippen LogP contribution is 2.26. The maximum absolute atomic E-state index is 9.75. The number of carbonyl (C=O) groups excluding carboxylic acids is 1. The molecule has 0 aliphatic carbocycles. The zero-order valence-corrected chi connectivity index (χ0v) is 5.35. The molecule has 0 saturated carbocycles. The minimum absolute atomic E-state index is 0.360. The average molecular weight is 143 g/mol. The van der Waals surface area contributed by atoms with E-state index in [1.54, 1.807) is 11.4 Å². The number of nitrogens with two attached hydrogens (primary N) is 1. The van der Waals surface area contributed by atoms with Crippen LogP contribution in [0.2, 0.25) is 0 Å². The summed E-state index contributed by atoms with van der Waals surface area (Å²) in [6.07, 6.45) is 0. The van der Waals surface area contributed by atoms with E-state index >= 15 is 0 Å². The van der Waals surface area contributed by atoms with Gasteiger partial charge in [0.2, 0.25) is 0 Å². The lowest BCUT2D eigenvalue weighted by Crippen LogP contribution is -1.89. The number of rotatable bonds is 2. The molecule has 4 heteroatoms. The predicted octanol–water partition coefficient (Wildman–Crippen LogP) is 0.866. The SMILES string of the molecule is Nc1sccc1OC=O. The molecule has 0 fully saturated rings. The lowest BCUT2D eigenvalue weighted by Gasteiger charge is -1.90. The Balaban J connectivity index is 2.80. The predicted molar refractivity (Wildman–Crippen MR) is 35.4 cm³/mol. The minimum Gasteiger partial charge on any atom is -0.426 e. The maximum atomic E-state index is 9.75. The summed E-state index contributed by atoms with van der Waals surface area (Å²) in [5.41, 5.74) is 5.36. The number of thiophene rings is 1. The molecule has 0 amide bonds. The highest BCUT2D eigenvalue weighted by Gasteiger charge is 1.97. The molecule has 3 nitrogen and oxygen atoms in total. The number of carbonyl (C=O) groups is 1. The van der Waals surface area contributed by atoms with Crippen molar-refractivity contribution in [2.24, 2.45) is 0 Å². The van der Waals surface area contributed by atoms with E-state index in [9.17, 15) is 4.79 Å². The molecule has 0 saturated heterocycles. The van der Waals surface area contributed by atoms with Gasteiger partial charge in [-0.25, -0.2) is 0 Å². The van der Waals surface area contributed by atoms with Crippen LogP contribution in [0.3, 0.4) is 0 Å². The van der Waals surface area contributed by atoms with Gasteiger partial charge in [0.05, 0.1) is 0 Å². The monoisotopic (exact) mass is 143 g/mol. The van der Waals surface area contributed by atoms with Gasteiger partial charge >= 0.3 is 0 Å². The smallest absolute Gasteiger partial charge is 0.298 e. The molecule has 1 rings (SSSR count). The first-order valence-corrected chi connectivity index (χ1v) is 3.16. The van der Waals surface area contributed by atoms with Crippen molar-refractivity contribution in [3.05, 3.63) is 11.4 Å². The number of hydrogen-bond acceptors (Lipinski definition) is 4. The Kier molecular flexibility index (Phi) is 1.69. The van der Waals surface area contributed by atoms with Gasteiger partial charge in [-0.1, -0.05) is 0 Å². The summed E-state index contributed by atoms with van der Waals surface area (Å²) in [5.74, 6) is 0.440. The standard InChI is InChI=1S/C5H5NO2S/c6-5-4(8-3-7)1-2-9-5/h1-3H,6H2. The van der Waals surface area contributed by atoms with E-state index in [1.165, 1.54) is 11.3 Å². The van der Waals surface area contributed by atoms with E-state index in [2.05, 4.69) is 4.74 Å². The van der Waals surface area contributed by atoms with Gasteiger partial charge in [0.15, 0.2) is 5.75 Å². The third-order valence-electron chi connectivity index (χ3n) is 0.832. The molecule has 1 aromatic rings. The van der Waals surface area contributed by atoms with Gasteiger partial charge in [-0.2, -0.15) is 0 Å². The quantitative estimate of drug-likeness (QED) is 0.625. The van der Waals surface area contributed by atoms with Crippen LogP contribution in [0.1, 0.15) is 0 Å². The van der Waals surface area contributed by atoms with Gasteiger partial charge in [-0.3, -0.25) is 4.79 Å². The van der Waals surface area contributed by atoms with E-state index in [1.807, 2.05) is 0 Å². The van der Waals surface area contributed by atoms with Gasteiger partial charge in [-0.05, 0) is 11.4 Å². The van der Waals surface area contributed by atoms with Gasteiger partial charge in [0.25, 0.3) is 6.47 Å². The maximum Gasteiger partial charge on any atom is 0.298 e. The third-order valence-corrected chi connectivity index (χ3v) is 1.56. The summed E-state index contributed by atoms with van der Waals surface area (Å²) in [6, 6.07) is 1.65. The highest BCUT2D eigenvalue weighted by atomic mass is 32.1. The second-order valence-corrected chi connectivity index (χ2v) is 2.31. The van der Waals surface area contributed by atoms with Crippen molar-refractivity contribution < 1.29 is 9.53 Å². The van der Waals surface area contributed by atoms with Gasteiger partial charge in [-0.15, -0.1) is 11.3 Å². The lowest BCUT2D eigenvalue weighted by molar-refractivity contribution is -0.120. The molecule has 0 aromatic carbocycles.